The predicted octanol–water partition coefficient (Wildman–Crippen LogP) is 2.16. The summed E-state index contributed by atoms with van der Waals surface area (Å²) in [6, 6.07) is 11.0. The SMILES string of the molecule is CN(C)C(=O)c1ccc(C#CCNC(=O)Cc2cccs2)cc1. The highest BCUT2D eigenvalue weighted by Crippen LogP contribution is 2.08. The molecule has 0 radical (unpaired) electrons. The molecule has 1 heterocycles. The number of carbonyl (C=O) groups excluding carboxylic acids is 2. The third-order valence-corrected chi connectivity index (χ3v) is 3.94. The van der Waals surface area contributed by atoms with E-state index in [1.54, 1.807) is 49.7 Å². The number of nitrogens with one attached hydrogen (secondary N) is 1. The van der Waals surface area contributed by atoms with Crippen molar-refractivity contribution in [3.8, 4) is 11.8 Å². The molecule has 0 saturated heterocycles. The van der Waals surface area contributed by atoms with Gasteiger partial charge in [-0.05, 0) is 35.7 Å². The number of benzene rings is 1. The van der Waals surface area contributed by atoms with Gasteiger partial charge in [-0.25, -0.2) is 0 Å². The fraction of sp³-hybridized carbons (Fsp3) is 0.222. The summed E-state index contributed by atoms with van der Waals surface area (Å²) in [5.74, 6) is 5.81. The summed E-state index contributed by atoms with van der Waals surface area (Å²) < 4.78 is 0. The van der Waals surface area contributed by atoms with E-state index in [9.17, 15) is 9.59 Å². The summed E-state index contributed by atoms with van der Waals surface area (Å²) in [6.45, 7) is 0.308. The van der Waals surface area contributed by atoms with Gasteiger partial charge < -0.3 is 10.2 Å². The van der Waals surface area contributed by atoms with Crippen LogP contribution in [0.4, 0.5) is 0 Å². The molecule has 5 heteroatoms. The minimum atomic E-state index is -0.0367. The van der Waals surface area contributed by atoms with Crippen molar-refractivity contribution in [1.29, 1.82) is 0 Å². The Morgan fingerprint density at radius 3 is 2.52 bits per heavy atom. The Kier molecular flexibility index (Phi) is 5.95. The molecule has 0 saturated carbocycles. The first kappa shape index (κ1) is 16.8. The second-order valence-corrected chi connectivity index (χ2v) is 6.14. The molecule has 0 aliphatic rings. The van der Waals surface area contributed by atoms with Crippen LogP contribution in [-0.2, 0) is 11.2 Å². The maximum absolute atomic E-state index is 11.8. The summed E-state index contributed by atoms with van der Waals surface area (Å²) in [7, 11) is 3.43. The van der Waals surface area contributed by atoms with Gasteiger partial charge in [0.25, 0.3) is 5.91 Å². The van der Waals surface area contributed by atoms with Crippen molar-refractivity contribution in [2.45, 2.75) is 6.42 Å². The van der Waals surface area contributed by atoms with Crippen LogP contribution in [0.2, 0.25) is 0 Å². The van der Waals surface area contributed by atoms with Crippen LogP contribution in [0.5, 0.6) is 0 Å². The van der Waals surface area contributed by atoms with E-state index in [1.807, 2.05) is 17.5 Å². The molecule has 0 fully saturated rings. The third-order valence-electron chi connectivity index (χ3n) is 3.06. The molecule has 2 amide bonds. The van der Waals surface area contributed by atoms with E-state index in [2.05, 4.69) is 17.2 Å². The zero-order valence-corrected chi connectivity index (χ0v) is 13.9. The Morgan fingerprint density at radius 2 is 1.91 bits per heavy atom. The lowest BCUT2D eigenvalue weighted by Crippen LogP contribution is -2.24. The molecule has 23 heavy (non-hydrogen) atoms. The van der Waals surface area contributed by atoms with Crippen LogP contribution in [0.25, 0.3) is 0 Å². The van der Waals surface area contributed by atoms with Crippen LogP contribution >= 0.6 is 11.3 Å². The third kappa shape index (κ3) is 5.28. The standard InChI is InChI=1S/C18H18N2O2S/c1-20(2)18(22)15-9-7-14(8-10-15)5-3-11-19-17(21)13-16-6-4-12-23-16/h4,6-10,12H,11,13H2,1-2H3,(H,19,21). The number of thiophene rings is 1. The Hall–Kier alpha value is -2.58. The number of rotatable bonds is 4. The van der Waals surface area contributed by atoms with Crippen LogP contribution < -0.4 is 5.32 Å². The zero-order chi connectivity index (χ0) is 16.7. The van der Waals surface area contributed by atoms with Crippen molar-refractivity contribution < 1.29 is 9.59 Å². The van der Waals surface area contributed by atoms with Crippen LogP contribution in [0.1, 0.15) is 20.8 Å². The monoisotopic (exact) mass is 326 g/mol. The quantitative estimate of drug-likeness (QED) is 0.876. The molecule has 0 aliphatic carbocycles. The summed E-state index contributed by atoms with van der Waals surface area (Å²) >= 11 is 1.57. The van der Waals surface area contributed by atoms with E-state index in [4.69, 9.17) is 0 Å². The first-order valence-electron chi connectivity index (χ1n) is 7.16. The average Bonchev–Trinajstić information content (AvgIpc) is 3.04. The molecule has 0 spiro atoms. The van der Waals surface area contributed by atoms with Crippen molar-refractivity contribution in [2.75, 3.05) is 20.6 Å². The number of hydrogen-bond acceptors (Lipinski definition) is 3. The Balaban J connectivity index is 1.82. The molecule has 0 atom stereocenters. The molecule has 0 bridgehead atoms. The highest BCUT2D eigenvalue weighted by Gasteiger charge is 2.06. The highest BCUT2D eigenvalue weighted by atomic mass is 32.1. The molecular formula is C18H18N2O2S. The first-order chi connectivity index (χ1) is 11.1. The highest BCUT2D eigenvalue weighted by molar-refractivity contribution is 7.10. The number of carbonyl (C=O) groups is 2. The van der Waals surface area contributed by atoms with Gasteiger partial charge in [0.15, 0.2) is 0 Å². The predicted molar refractivity (Wildman–Crippen MR) is 92.4 cm³/mol. The summed E-state index contributed by atoms with van der Waals surface area (Å²) in [5, 5.41) is 4.72. The van der Waals surface area contributed by atoms with Crippen LogP contribution in [0.15, 0.2) is 41.8 Å². The van der Waals surface area contributed by atoms with Gasteiger partial charge in [-0.2, -0.15) is 0 Å². The lowest BCUT2D eigenvalue weighted by Gasteiger charge is -2.09. The summed E-state index contributed by atoms with van der Waals surface area (Å²) in [6.07, 6.45) is 0.390. The van der Waals surface area contributed by atoms with Crippen molar-refractivity contribution in [2.24, 2.45) is 0 Å². The molecular weight excluding hydrogens is 308 g/mol. The first-order valence-corrected chi connectivity index (χ1v) is 8.04. The van der Waals surface area contributed by atoms with Crippen molar-refractivity contribution >= 4 is 23.2 Å². The van der Waals surface area contributed by atoms with Gasteiger partial charge in [-0.15, -0.1) is 11.3 Å². The van der Waals surface area contributed by atoms with Crippen molar-refractivity contribution in [3.05, 3.63) is 57.8 Å². The molecule has 0 unspecified atom stereocenters. The van der Waals surface area contributed by atoms with Gasteiger partial charge in [-0.3, -0.25) is 9.59 Å². The summed E-state index contributed by atoms with van der Waals surface area (Å²) in [5.41, 5.74) is 1.44. The zero-order valence-electron chi connectivity index (χ0n) is 13.1. The maximum Gasteiger partial charge on any atom is 0.253 e. The van der Waals surface area contributed by atoms with Crippen LogP contribution in [0.3, 0.4) is 0 Å². The van der Waals surface area contributed by atoms with E-state index in [0.29, 0.717) is 18.5 Å². The largest absolute Gasteiger partial charge is 0.345 e. The smallest absolute Gasteiger partial charge is 0.253 e. The molecule has 4 nitrogen and oxygen atoms in total. The molecule has 1 aromatic heterocycles. The molecule has 2 aromatic rings. The molecule has 0 aliphatic heterocycles. The Labute approximate surface area is 140 Å². The van der Waals surface area contributed by atoms with E-state index in [-0.39, 0.29) is 11.8 Å². The molecule has 1 aromatic carbocycles. The molecule has 2 rings (SSSR count). The van der Waals surface area contributed by atoms with Gasteiger partial charge in [0.2, 0.25) is 5.91 Å². The fourth-order valence-electron chi connectivity index (χ4n) is 1.88. The van der Waals surface area contributed by atoms with E-state index in [1.165, 1.54) is 4.90 Å². The maximum atomic E-state index is 11.8. The van der Waals surface area contributed by atoms with Crippen LogP contribution in [-0.4, -0.2) is 37.4 Å². The van der Waals surface area contributed by atoms with Gasteiger partial charge in [-0.1, -0.05) is 17.9 Å². The Bertz CT molecular complexity index is 723. The van der Waals surface area contributed by atoms with Gasteiger partial charge >= 0.3 is 0 Å². The second kappa shape index (κ2) is 8.16. The number of amides is 2. The number of nitrogens with zero attached hydrogens (tertiary/aromatic N) is 1. The van der Waals surface area contributed by atoms with Gasteiger partial charge in [0, 0.05) is 30.1 Å². The summed E-state index contributed by atoms with van der Waals surface area (Å²) in [4.78, 5) is 26.0. The lowest BCUT2D eigenvalue weighted by molar-refractivity contribution is -0.120. The van der Waals surface area contributed by atoms with Crippen LogP contribution in [0, 0.1) is 11.8 Å². The fourth-order valence-corrected chi connectivity index (χ4v) is 2.58. The van der Waals surface area contributed by atoms with E-state index >= 15 is 0 Å². The Morgan fingerprint density at radius 1 is 1.17 bits per heavy atom. The van der Waals surface area contributed by atoms with Crippen molar-refractivity contribution in [1.82, 2.24) is 10.2 Å². The van der Waals surface area contributed by atoms with E-state index < -0.39 is 0 Å². The minimum Gasteiger partial charge on any atom is -0.345 e. The molecule has 118 valence electrons. The normalized spacial score (nSPS) is 9.65. The minimum absolute atomic E-state index is 0.0336. The average molecular weight is 326 g/mol. The lowest BCUT2D eigenvalue weighted by atomic mass is 10.1. The topological polar surface area (TPSA) is 49.4 Å². The number of hydrogen-bond donors (Lipinski definition) is 1. The van der Waals surface area contributed by atoms with E-state index in [0.717, 1.165) is 10.4 Å². The molecule has 1 N–H and O–H groups in total. The van der Waals surface area contributed by atoms with Gasteiger partial charge in [0.1, 0.15) is 0 Å². The van der Waals surface area contributed by atoms with Crippen molar-refractivity contribution in [3.63, 3.8) is 0 Å². The second-order valence-electron chi connectivity index (χ2n) is 5.11. The van der Waals surface area contributed by atoms with Gasteiger partial charge in [0.05, 0.1) is 13.0 Å².